The number of rotatable bonds is 6. The van der Waals surface area contributed by atoms with Crippen LogP contribution in [0.2, 0.25) is 0 Å². The van der Waals surface area contributed by atoms with Gasteiger partial charge >= 0.3 is 0 Å². The van der Waals surface area contributed by atoms with E-state index >= 15 is 0 Å². The average molecular weight is 754 g/mol. The Kier molecular flexibility index (Phi) is 8.13. The Bertz CT molecular complexity index is 2880. The van der Waals surface area contributed by atoms with Crippen LogP contribution in [0.4, 0.5) is 17.1 Å². The zero-order valence-corrected chi connectivity index (χ0v) is 33.3. The van der Waals surface area contributed by atoms with Crippen LogP contribution in [0, 0.1) is 0 Å². The number of hydrogen-bond acceptors (Lipinski definition) is 1. The average Bonchev–Trinajstić information content (AvgIpc) is 3.60. The van der Waals surface area contributed by atoms with Crippen molar-refractivity contribution in [3.8, 4) is 44.5 Å². The van der Waals surface area contributed by atoms with Crippen molar-refractivity contribution in [2.75, 3.05) is 4.90 Å². The molecule has 9 aromatic rings. The van der Waals surface area contributed by atoms with Gasteiger partial charge in [0.05, 0.1) is 16.8 Å². The highest BCUT2D eigenvalue weighted by molar-refractivity contribution is 5.94. The van der Waals surface area contributed by atoms with Crippen LogP contribution in [0.3, 0.4) is 0 Å². The van der Waals surface area contributed by atoms with Gasteiger partial charge in [0.1, 0.15) is 0 Å². The van der Waals surface area contributed by atoms with E-state index in [-0.39, 0.29) is 5.41 Å². The van der Waals surface area contributed by atoms with Crippen molar-refractivity contribution in [2.45, 2.75) is 24.7 Å². The van der Waals surface area contributed by atoms with Gasteiger partial charge < -0.3 is 4.90 Å². The highest BCUT2D eigenvalue weighted by Gasteiger charge is 2.53. The molecule has 280 valence electrons. The Morgan fingerprint density at radius 2 is 0.695 bits per heavy atom. The van der Waals surface area contributed by atoms with Crippen molar-refractivity contribution in [3.05, 3.63) is 258 Å². The summed E-state index contributed by atoms with van der Waals surface area (Å²) in [7, 11) is 0. The van der Waals surface area contributed by atoms with Crippen LogP contribution in [0.1, 0.15) is 47.2 Å². The summed E-state index contributed by atoms with van der Waals surface area (Å²) in [5.74, 6) is 0. The van der Waals surface area contributed by atoms with Gasteiger partial charge in [-0.25, -0.2) is 0 Å². The van der Waals surface area contributed by atoms with Crippen LogP contribution in [-0.2, 0) is 10.8 Å². The molecule has 0 heterocycles. The third kappa shape index (κ3) is 5.31. The Morgan fingerprint density at radius 1 is 0.288 bits per heavy atom. The number of nitrogens with zero attached hydrogens (tertiary/aromatic N) is 1. The monoisotopic (exact) mass is 753 g/mol. The van der Waals surface area contributed by atoms with Crippen LogP contribution < -0.4 is 4.90 Å². The van der Waals surface area contributed by atoms with E-state index in [2.05, 4.69) is 243 Å². The van der Waals surface area contributed by atoms with E-state index in [0.717, 1.165) is 17.1 Å². The summed E-state index contributed by atoms with van der Waals surface area (Å²) in [6, 6.07) is 82.8. The highest BCUT2D eigenvalue weighted by Crippen LogP contribution is 2.62. The molecule has 9 aromatic carbocycles. The predicted octanol–water partition coefficient (Wildman–Crippen LogP) is 15.2. The molecule has 0 N–H and O–H groups in total. The summed E-state index contributed by atoms with van der Waals surface area (Å²) < 4.78 is 0. The lowest BCUT2D eigenvalue weighted by atomic mass is 9.55. The van der Waals surface area contributed by atoms with Crippen LogP contribution in [0.25, 0.3) is 44.5 Å². The Labute approximate surface area is 347 Å². The van der Waals surface area contributed by atoms with Gasteiger partial charge in [0.2, 0.25) is 0 Å². The highest BCUT2D eigenvalue weighted by atomic mass is 15.1. The van der Waals surface area contributed by atoms with Crippen molar-refractivity contribution in [3.63, 3.8) is 0 Å². The zero-order chi connectivity index (χ0) is 39.6. The van der Waals surface area contributed by atoms with Crippen molar-refractivity contribution >= 4 is 17.1 Å². The van der Waals surface area contributed by atoms with Crippen molar-refractivity contribution in [2.24, 2.45) is 0 Å². The molecule has 0 bridgehead atoms. The lowest BCUT2D eigenvalue weighted by molar-refractivity contribution is 0.563. The third-order valence-corrected chi connectivity index (χ3v) is 13.0. The molecule has 0 aliphatic heterocycles. The number of benzene rings is 9. The number of fused-ring (bicyclic) bond motifs is 9. The summed E-state index contributed by atoms with van der Waals surface area (Å²) in [5.41, 5.74) is 20.8. The van der Waals surface area contributed by atoms with E-state index in [0.29, 0.717) is 0 Å². The fraction of sp³-hybridized carbons (Fsp3) is 0.0690. The maximum atomic E-state index is 2.51. The maximum absolute atomic E-state index is 2.51. The Hall–Kier alpha value is -7.22. The molecule has 0 fully saturated rings. The van der Waals surface area contributed by atoms with E-state index in [9.17, 15) is 0 Å². The molecular weight excluding hydrogens is 711 g/mol. The second-order valence-corrected chi connectivity index (χ2v) is 16.4. The minimum atomic E-state index is -0.427. The van der Waals surface area contributed by atoms with Crippen molar-refractivity contribution in [1.82, 2.24) is 0 Å². The van der Waals surface area contributed by atoms with Crippen LogP contribution >= 0.6 is 0 Å². The molecule has 2 aliphatic rings. The molecule has 0 unspecified atom stereocenters. The molecule has 1 spiro atoms. The van der Waals surface area contributed by atoms with Gasteiger partial charge in [-0.2, -0.15) is 0 Å². The standard InChI is InChI=1S/C58H43N/c1-57(2)51-29-15-16-30-53(51)58(49-27-13-9-25-47(49)48-26-10-14-28-50(48)58)54-39-43(35-38-52(54)57)40-33-36-44(37-34-40)59(55-31-17-11-23-45(55)41-19-5-3-6-20-41)56-32-18-12-24-46(56)42-21-7-4-8-22-42/h3-39H,1-2H3. The molecule has 0 saturated carbocycles. The fourth-order valence-corrected chi connectivity index (χ4v) is 10.3. The van der Waals surface area contributed by atoms with E-state index in [1.165, 1.54) is 77.9 Å². The minimum Gasteiger partial charge on any atom is -0.309 e. The van der Waals surface area contributed by atoms with Gasteiger partial charge in [-0.05, 0) is 97.1 Å². The molecule has 2 aliphatic carbocycles. The van der Waals surface area contributed by atoms with Gasteiger partial charge in [-0.15, -0.1) is 0 Å². The molecule has 11 rings (SSSR count). The van der Waals surface area contributed by atoms with Gasteiger partial charge in [0.25, 0.3) is 0 Å². The first-order chi connectivity index (χ1) is 29.0. The van der Waals surface area contributed by atoms with E-state index < -0.39 is 5.41 Å². The number of anilines is 3. The molecule has 0 saturated heterocycles. The summed E-state index contributed by atoms with van der Waals surface area (Å²) in [5, 5.41) is 0. The fourth-order valence-electron chi connectivity index (χ4n) is 10.3. The third-order valence-electron chi connectivity index (χ3n) is 13.0. The Balaban J connectivity index is 1.10. The summed E-state index contributed by atoms with van der Waals surface area (Å²) in [6.07, 6.45) is 0. The van der Waals surface area contributed by atoms with E-state index in [1.807, 2.05) is 0 Å². The van der Waals surface area contributed by atoms with Crippen LogP contribution in [0.15, 0.2) is 224 Å². The first kappa shape index (κ1) is 35.0. The molecule has 0 radical (unpaired) electrons. The van der Waals surface area contributed by atoms with Crippen molar-refractivity contribution in [1.29, 1.82) is 0 Å². The lowest BCUT2D eigenvalue weighted by Crippen LogP contribution is -2.40. The molecule has 0 amide bonds. The molecular formula is C58H43N. The van der Waals surface area contributed by atoms with Gasteiger partial charge in [-0.3, -0.25) is 0 Å². The smallest absolute Gasteiger partial charge is 0.0719 e. The Morgan fingerprint density at radius 3 is 1.24 bits per heavy atom. The largest absolute Gasteiger partial charge is 0.309 e. The summed E-state index contributed by atoms with van der Waals surface area (Å²) in [4.78, 5) is 2.43. The van der Waals surface area contributed by atoms with Crippen LogP contribution in [0.5, 0.6) is 0 Å². The van der Waals surface area contributed by atoms with Gasteiger partial charge in [0.15, 0.2) is 0 Å². The molecule has 1 nitrogen and oxygen atoms in total. The van der Waals surface area contributed by atoms with Crippen LogP contribution in [-0.4, -0.2) is 0 Å². The number of hydrogen-bond donors (Lipinski definition) is 0. The first-order valence-electron chi connectivity index (χ1n) is 20.7. The first-order valence-corrected chi connectivity index (χ1v) is 20.7. The molecule has 0 atom stereocenters. The second-order valence-electron chi connectivity index (χ2n) is 16.4. The molecule has 1 heteroatoms. The zero-order valence-electron chi connectivity index (χ0n) is 33.3. The number of para-hydroxylation sites is 2. The topological polar surface area (TPSA) is 3.24 Å². The summed E-state index contributed by atoms with van der Waals surface area (Å²) >= 11 is 0. The SMILES string of the molecule is CC1(C)c2ccccc2C2(c3ccccc3-c3ccccc32)c2cc(-c3ccc(N(c4ccccc4-c4ccccc4)c4ccccc4-c4ccccc4)cc3)ccc21. The second kappa shape index (κ2) is 13.7. The van der Waals surface area contributed by atoms with Gasteiger partial charge in [0, 0.05) is 22.2 Å². The minimum absolute atomic E-state index is 0.176. The lowest BCUT2D eigenvalue weighted by Gasteiger charge is -2.46. The summed E-state index contributed by atoms with van der Waals surface area (Å²) in [6.45, 7) is 4.79. The maximum Gasteiger partial charge on any atom is 0.0719 e. The normalized spacial score (nSPS) is 13.9. The quantitative estimate of drug-likeness (QED) is 0.163. The van der Waals surface area contributed by atoms with E-state index in [4.69, 9.17) is 0 Å². The molecule has 59 heavy (non-hydrogen) atoms. The van der Waals surface area contributed by atoms with Crippen molar-refractivity contribution < 1.29 is 0 Å². The molecule has 0 aromatic heterocycles. The van der Waals surface area contributed by atoms with E-state index in [1.54, 1.807) is 0 Å². The predicted molar refractivity (Wildman–Crippen MR) is 247 cm³/mol. The van der Waals surface area contributed by atoms with Gasteiger partial charge in [-0.1, -0.05) is 208 Å².